The predicted octanol–water partition coefficient (Wildman–Crippen LogP) is 1.99. The fourth-order valence-corrected chi connectivity index (χ4v) is 3.43. The Morgan fingerprint density at radius 1 is 1.11 bits per heavy atom. The van der Waals surface area contributed by atoms with Gasteiger partial charge in [0.2, 0.25) is 5.91 Å². The van der Waals surface area contributed by atoms with Gasteiger partial charge in [-0.1, -0.05) is 42.5 Å². The molecule has 28 heavy (non-hydrogen) atoms. The molecule has 0 bridgehead atoms. The van der Waals surface area contributed by atoms with Crippen LogP contribution in [-0.4, -0.2) is 50.6 Å². The number of amides is 1. The van der Waals surface area contributed by atoms with Crippen molar-refractivity contribution in [1.29, 1.82) is 0 Å². The summed E-state index contributed by atoms with van der Waals surface area (Å²) in [6.07, 6.45) is 1.72. The van der Waals surface area contributed by atoms with Crippen LogP contribution in [0.15, 0.2) is 53.5 Å². The minimum atomic E-state index is 0.0854. The highest BCUT2D eigenvalue weighted by Crippen LogP contribution is 2.18. The lowest BCUT2D eigenvalue weighted by Gasteiger charge is -2.29. The van der Waals surface area contributed by atoms with Crippen LogP contribution in [0.2, 0.25) is 0 Å². The molecule has 0 aliphatic carbocycles. The summed E-state index contributed by atoms with van der Waals surface area (Å²) in [5.41, 5.74) is 3.71. The second-order valence-corrected chi connectivity index (χ2v) is 6.75. The second-order valence-electron chi connectivity index (χ2n) is 6.75. The molecule has 1 aliphatic heterocycles. The highest BCUT2D eigenvalue weighted by Gasteiger charge is 2.20. The molecule has 2 aromatic rings. The van der Waals surface area contributed by atoms with E-state index in [1.54, 1.807) is 14.2 Å². The second kappa shape index (κ2) is 9.78. The van der Waals surface area contributed by atoms with Crippen molar-refractivity contribution >= 4 is 11.9 Å². The molecule has 1 heterocycles. The Kier molecular flexibility index (Phi) is 6.89. The zero-order valence-electron chi connectivity index (χ0n) is 16.6. The minimum Gasteiger partial charge on any atom is -0.496 e. The molecule has 148 valence electrons. The van der Waals surface area contributed by atoms with Gasteiger partial charge in [0.25, 0.3) is 0 Å². The van der Waals surface area contributed by atoms with E-state index >= 15 is 0 Å². The molecule has 0 saturated heterocycles. The van der Waals surface area contributed by atoms with Crippen LogP contribution < -0.4 is 15.4 Å². The van der Waals surface area contributed by atoms with Gasteiger partial charge in [-0.2, -0.15) is 0 Å². The van der Waals surface area contributed by atoms with Crippen molar-refractivity contribution in [3.8, 4) is 5.75 Å². The Morgan fingerprint density at radius 2 is 1.86 bits per heavy atom. The number of carbonyl (C=O) groups is 1. The van der Waals surface area contributed by atoms with Crippen LogP contribution in [-0.2, 0) is 24.2 Å². The highest BCUT2D eigenvalue weighted by molar-refractivity contribution is 5.86. The lowest BCUT2D eigenvalue weighted by Crippen LogP contribution is -2.46. The van der Waals surface area contributed by atoms with Gasteiger partial charge >= 0.3 is 0 Å². The molecule has 3 rings (SSSR count). The molecule has 2 N–H and O–H groups in total. The van der Waals surface area contributed by atoms with Gasteiger partial charge < -0.3 is 20.3 Å². The van der Waals surface area contributed by atoms with Crippen LogP contribution in [0, 0.1) is 0 Å². The Bertz CT molecular complexity index is 835. The number of rotatable bonds is 6. The topological polar surface area (TPSA) is 66.0 Å². The van der Waals surface area contributed by atoms with Crippen LogP contribution in [0.4, 0.5) is 0 Å². The van der Waals surface area contributed by atoms with Gasteiger partial charge in [-0.3, -0.25) is 9.79 Å². The molecule has 0 fully saturated rings. The van der Waals surface area contributed by atoms with Crippen molar-refractivity contribution in [1.82, 2.24) is 15.5 Å². The van der Waals surface area contributed by atoms with Crippen molar-refractivity contribution in [3.05, 3.63) is 65.2 Å². The number of methoxy groups -OCH3 is 1. The molecule has 1 aliphatic rings. The van der Waals surface area contributed by atoms with Gasteiger partial charge in [0.15, 0.2) is 5.96 Å². The van der Waals surface area contributed by atoms with Gasteiger partial charge in [-0.25, -0.2) is 0 Å². The quantitative estimate of drug-likeness (QED) is 0.594. The fraction of sp³-hybridized carbons (Fsp3) is 0.364. The number of para-hydroxylation sites is 1. The number of hydrogen-bond donors (Lipinski definition) is 2. The third-order valence-electron chi connectivity index (χ3n) is 4.99. The summed E-state index contributed by atoms with van der Waals surface area (Å²) in [6.45, 7) is 2.37. The summed E-state index contributed by atoms with van der Waals surface area (Å²) >= 11 is 0. The third kappa shape index (κ3) is 5.03. The first kappa shape index (κ1) is 19.7. The molecule has 0 unspecified atom stereocenters. The number of guanidine groups is 1. The summed E-state index contributed by atoms with van der Waals surface area (Å²) in [5.74, 6) is 1.59. The van der Waals surface area contributed by atoms with Gasteiger partial charge in [-0.05, 0) is 35.6 Å². The van der Waals surface area contributed by atoms with Crippen LogP contribution >= 0.6 is 0 Å². The van der Waals surface area contributed by atoms with E-state index in [1.807, 2.05) is 29.2 Å². The van der Waals surface area contributed by atoms with E-state index < -0.39 is 0 Å². The zero-order chi connectivity index (χ0) is 19.8. The summed E-state index contributed by atoms with van der Waals surface area (Å²) < 4.78 is 5.38. The highest BCUT2D eigenvalue weighted by atomic mass is 16.5. The third-order valence-corrected chi connectivity index (χ3v) is 4.99. The van der Waals surface area contributed by atoms with Crippen LogP contribution in [0.25, 0.3) is 0 Å². The lowest BCUT2D eigenvalue weighted by molar-refractivity contribution is -0.130. The summed E-state index contributed by atoms with van der Waals surface area (Å²) in [7, 11) is 3.39. The molecular formula is C22H28N4O2. The van der Waals surface area contributed by atoms with Gasteiger partial charge in [0.05, 0.1) is 13.7 Å². The molecule has 2 aromatic carbocycles. The van der Waals surface area contributed by atoms with E-state index in [4.69, 9.17) is 4.74 Å². The Labute approximate surface area is 166 Å². The first-order valence-electron chi connectivity index (χ1n) is 9.62. The Morgan fingerprint density at radius 3 is 2.64 bits per heavy atom. The van der Waals surface area contributed by atoms with E-state index in [0.29, 0.717) is 19.0 Å². The lowest BCUT2D eigenvalue weighted by atomic mass is 10.00. The molecule has 6 heteroatoms. The maximum atomic E-state index is 12.6. The van der Waals surface area contributed by atoms with Crippen LogP contribution in [0.1, 0.15) is 16.7 Å². The molecular weight excluding hydrogens is 352 g/mol. The molecule has 0 saturated carbocycles. The van der Waals surface area contributed by atoms with Gasteiger partial charge in [0.1, 0.15) is 5.75 Å². The molecule has 6 nitrogen and oxygen atoms in total. The molecule has 1 amide bonds. The average Bonchev–Trinajstić information content (AvgIpc) is 2.75. The summed E-state index contributed by atoms with van der Waals surface area (Å²) in [6, 6.07) is 16.3. The predicted molar refractivity (Wildman–Crippen MR) is 112 cm³/mol. The maximum absolute atomic E-state index is 12.6. The summed E-state index contributed by atoms with van der Waals surface area (Å²) in [4.78, 5) is 18.7. The fourth-order valence-electron chi connectivity index (χ4n) is 3.43. The Hall–Kier alpha value is -3.02. The molecule has 0 atom stereocenters. The Balaban J connectivity index is 1.44. The smallest absolute Gasteiger partial charge is 0.242 e. The SMILES string of the molecule is CN=C(NCCc1ccccc1OC)NCC(=O)N1CCc2ccccc2C1. The number of ether oxygens (including phenoxy) is 1. The van der Waals surface area contributed by atoms with E-state index in [9.17, 15) is 4.79 Å². The van der Waals surface area contributed by atoms with E-state index in [0.717, 1.165) is 30.7 Å². The van der Waals surface area contributed by atoms with Crippen molar-refractivity contribution in [2.45, 2.75) is 19.4 Å². The number of carbonyl (C=O) groups excluding carboxylic acids is 1. The van der Waals surface area contributed by atoms with E-state index in [-0.39, 0.29) is 12.5 Å². The normalized spacial score (nSPS) is 13.6. The van der Waals surface area contributed by atoms with Gasteiger partial charge in [-0.15, -0.1) is 0 Å². The van der Waals surface area contributed by atoms with E-state index in [1.165, 1.54) is 11.1 Å². The zero-order valence-corrected chi connectivity index (χ0v) is 16.6. The first-order valence-corrected chi connectivity index (χ1v) is 9.62. The van der Waals surface area contributed by atoms with Crippen LogP contribution in [0.3, 0.4) is 0 Å². The molecule has 0 aromatic heterocycles. The largest absolute Gasteiger partial charge is 0.496 e. The van der Waals surface area contributed by atoms with Crippen LogP contribution in [0.5, 0.6) is 5.75 Å². The average molecular weight is 380 g/mol. The number of benzene rings is 2. The van der Waals surface area contributed by atoms with Crippen molar-refractivity contribution in [2.75, 3.05) is 33.8 Å². The van der Waals surface area contributed by atoms with Crippen molar-refractivity contribution in [2.24, 2.45) is 4.99 Å². The van der Waals surface area contributed by atoms with Gasteiger partial charge in [0, 0.05) is 26.7 Å². The molecule has 0 radical (unpaired) electrons. The summed E-state index contributed by atoms with van der Waals surface area (Å²) in [5, 5.41) is 6.38. The number of hydrogen-bond acceptors (Lipinski definition) is 3. The monoisotopic (exact) mass is 380 g/mol. The first-order chi connectivity index (χ1) is 13.7. The maximum Gasteiger partial charge on any atom is 0.242 e. The number of fused-ring (bicyclic) bond motifs is 1. The number of nitrogens with one attached hydrogen (secondary N) is 2. The van der Waals surface area contributed by atoms with Crippen molar-refractivity contribution in [3.63, 3.8) is 0 Å². The van der Waals surface area contributed by atoms with Crippen molar-refractivity contribution < 1.29 is 9.53 Å². The number of aliphatic imine (C=N–C) groups is 1. The van der Waals surface area contributed by atoms with E-state index in [2.05, 4.69) is 39.9 Å². The standard InChI is InChI=1S/C22H28N4O2/c1-23-22(24-13-11-18-8-5-6-10-20(18)28-2)25-15-21(27)26-14-12-17-7-3-4-9-19(17)16-26/h3-10H,11-16H2,1-2H3,(H2,23,24,25). The number of nitrogens with zero attached hydrogens (tertiary/aromatic N) is 2. The molecule has 0 spiro atoms. The minimum absolute atomic E-state index is 0.0854.